The fraction of sp³-hybridized carbons (Fsp3) is 0.333. The van der Waals surface area contributed by atoms with E-state index in [2.05, 4.69) is 22.7 Å². The summed E-state index contributed by atoms with van der Waals surface area (Å²) in [4.78, 5) is 18.1. The lowest BCUT2D eigenvalue weighted by Crippen LogP contribution is -2.47. The molecule has 2 aromatic carbocycles. The van der Waals surface area contributed by atoms with Crippen LogP contribution in [0.3, 0.4) is 0 Å². The van der Waals surface area contributed by atoms with Crippen LogP contribution in [0.15, 0.2) is 36.4 Å². The number of anilines is 1. The zero-order valence-corrected chi connectivity index (χ0v) is 15.7. The predicted molar refractivity (Wildman–Crippen MR) is 104 cm³/mol. The van der Waals surface area contributed by atoms with E-state index in [4.69, 9.17) is 18.2 Å². The third kappa shape index (κ3) is 3.60. The number of halogens is 1. The van der Waals surface area contributed by atoms with E-state index in [9.17, 15) is 9.90 Å². The number of nitrogens with zero attached hydrogens (tertiary/aromatic N) is 2. The van der Waals surface area contributed by atoms with Crippen molar-refractivity contribution in [1.82, 2.24) is 0 Å². The summed E-state index contributed by atoms with van der Waals surface area (Å²) in [6.07, 6.45) is 1.01. The molecule has 134 valence electrons. The first-order chi connectivity index (χ1) is 12.3. The van der Waals surface area contributed by atoms with Crippen LogP contribution in [-0.2, 0) is 17.6 Å². The molecule has 0 saturated heterocycles. The van der Waals surface area contributed by atoms with Crippen LogP contribution in [0, 0.1) is 13.5 Å². The number of hydrogen-bond acceptors (Lipinski definition) is 3. The summed E-state index contributed by atoms with van der Waals surface area (Å²) in [7, 11) is 0. The molecule has 3 rings (SSSR count). The molecule has 1 atom stereocenters. The van der Waals surface area contributed by atoms with Crippen molar-refractivity contribution in [2.75, 3.05) is 18.0 Å². The molecule has 4 nitrogen and oxygen atoms in total. The Kier molecular flexibility index (Phi) is 5.04. The molecule has 0 saturated carbocycles. The largest absolute Gasteiger partial charge is 0.380 e. The summed E-state index contributed by atoms with van der Waals surface area (Å²) in [5.41, 5.74) is 3.23. The number of carbonyl (C=O) groups is 1. The average molecular weight is 369 g/mol. The van der Waals surface area contributed by atoms with Crippen LogP contribution in [0.25, 0.3) is 4.85 Å². The highest BCUT2D eigenvalue weighted by Crippen LogP contribution is 2.32. The number of aryl methyl sites for hydroxylation is 1. The lowest BCUT2D eigenvalue weighted by molar-refractivity contribution is -0.134. The van der Waals surface area contributed by atoms with Gasteiger partial charge in [-0.25, -0.2) is 4.85 Å². The van der Waals surface area contributed by atoms with Gasteiger partial charge in [0.2, 0.25) is 5.69 Å². The minimum absolute atomic E-state index is 0.0829. The van der Waals surface area contributed by atoms with Crippen LogP contribution in [0.2, 0.25) is 5.02 Å². The minimum Gasteiger partial charge on any atom is -0.380 e. The van der Waals surface area contributed by atoms with E-state index in [0.29, 0.717) is 16.3 Å². The average Bonchev–Trinajstić information content (AvgIpc) is 2.99. The topological polar surface area (TPSA) is 44.9 Å². The SMILES string of the molecule is [C-]#[N+]c1ccc(CC(=O)[C@@](C)(O)CN2CCc3c(C)cccc32)cc1Cl. The Hall–Kier alpha value is -2.35. The molecule has 1 heterocycles. The molecule has 5 heteroatoms. The molecule has 0 unspecified atom stereocenters. The zero-order valence-electron chi connectivity index (χ0n) is 14.9. The van der Waals surface area contributed by atoms with Crippen molar-refractivity contribution in [3.63, 3.8) is 0 Å². The Balaban J connectivity index is 1.73. The second-order valence-corrected chi connectivity index (χ2v) is 7.42. The van der Waals surface area contributed by atoms with Crippen LogP contribution in [0.1, 0.15) is 23.6 Å². The van der Waals surface area contributed by atoms with E-state index in [1.165, 1.54) is 11.1 Å². The minimum atomic E-state index is -1.46. The normalized spacial score (nSPS) is 15.3. The Morgan fingerprint density at radius 1 is 1.38 bits per heavy atom. The maximum Gasteiger partial charge on any atom is 0.205 e. The van der Waals surface area contributed by atoms with E-state index in [0.717, 1.165) is 18.7 Å². The molecule has 0 bridgehead atoms. The van der Waals surface area contributed by atoms with Crippen molar-refractivity contribution in [3.8, 4) is 0 Å². The van der Waals surface area contributed by atoms with Gasteiger partial charge < -0.3 is 10.0 Å². The lowest BCUT2D eigenvalue weighted by Gasteiger charge is -2.29. The quantitative estimate of drug-likeness (QED) is 0.807. The molecular formula is C21H21ClN2O2. The van der Waals surface area contributed by atoms with Gasteiger partial charge in [-0.15, -0.1) is 0 Å². The zero-order chi connectivity index (χ0) is 18.9. The van der Waals surface area contributed by atoms with Crippen molar-refractivity contribution in [2.45, 2.75) is 32.3 Å². The van der Waals surface area contributed by atoms with E-state index in [1.54, 1.807) is 25.1 Å². The lowest BCUT2D eigenvalue weighted by atomic mass is 9.94. The Morgan fingerprint density at radius 2 is 2.15 bits per heavy atom. The number of carbonyl (C=O) groups excluding carboxylic acids is 1. The fourth-order valence-electron chi connectivity index (χ4n) is 3.43. The first kappa shape index (κ1) is 18.4. The summed E-state index contributed by atoms with van der Waals surface area (Å²) < 4.78 is 0. The van der Waals surface area contributed by atoms with Crippen molar-refractivity contribution >= 4 is 28.8 Å². The van der Waals surface area contributed by atoms with Crippen LogP contribution in [0.5, 0.6) is 0 Å². The summed E-state index contributed by atoms with van der Waals surface area (Å²) >= 11 is 6.04. The van der Waals surface area contributed by atoms with E-state index >= 15 is 0 Å². The maximum absolute atomic E-state index is 12.7. The van der Waals surface area contributed by atoms with Crippen molar-refractivity contribution < 1.29 is 9.90 Å². The molecule has 0 aromatic heterocycles. The van der Waals surface area contributed by atoms with Crippen molar-refractivity contribution in [3.05, 3.63) is 69.5 Å². The smallest absolute Gasteiger partial charge is 0.205 e. The molecule has 0 spiro atoms. The molecule has 0 radical (unpaired) electrons. The van der Waals surface area contributed by atoms with Gasteiger partial charge in [0.25, 0.3) is 0 Å². The molecule has 1 N–H and O–H groups in total. The number of ketones is 1. The molecule has 26 heavy (non-hydrogen) atoms. The van der Waals surface area contributed by atoms with Gasteiger partial charge in [-0.3, -0.25) is 4.79 Å². The Labute approximate surface area is 158 Å². The van der Waals surface area contributed by atoms with E-state index in [-0.39, 0.29) is 18.7 Å². The summed E-state index contributed by atoms with van der Waals surface area (Å²) in [5.74, 6) is -0.259. The molecular weight excluding hydrogens is 348 g/mol. The van der Waals surface area contributed by atoms with Crippen LogP contribution < -0.4 is 4.90 Å². The number of fused-ring (bicyclic) bond motifs is 1. The number of aliphatic hydroxyl groups is 1. The highest BCUT2D eigenvalue weighted by Gasteiger charge is 2.34. The third-order valence-electron chi connectivity index (χ3n) is 4.95. The molecule has 0 fully saturated rings. The van der Waals surface area contributed by atoms with Gasteiger partial charge in [0.15, 0.2) is 5.78 Å². The summed E-state index contributed by atoms with van der Waals surface area (Å²) in [6, 6.07) is 11.1. The highest BCUT2D eigenvalue weighted by atomic mass is 35.5. The molecule has 1 aliphatic rings. The second kappa shape index (κ2) is 7.11. The van der Waals surface area contributed by atoms with E-state index < -0.39 is 5.60 Å². The standard InChI is InChI=1S/C21H21ClN2O2/c1-14-5-4-6-19-16(14)9-10-24(19)13-21(2,26)20(25)12-15-7-8-18(23-3)17(22)11-15/h4-8,11,26H,9-10,12-13H2,1-2H3/t21-/m0/s1. The van der Waals surface area contributed by atoms with E-state index in [1.807, 2.05) is 12.1 Å². The maximum atomic E-state index is 12.7. The van der Waals surface area contributed by atoms with Crippen molar-refractivity contribution in [2.24, 2.45) is 0 Å². The molecule has 2 aromatic rings. The van der Waals surface area contributed by atoms with Crippen molar-refractivity contribution in [1.29, 1.82) is 0 Å². The Morgan fingerprint density at radius 3 is 2.85 bits per heavy atom. The monoisotopic (exact) mass is 368 g/mol. The molecule has 0 amide bonds. The number of benzene rings is 2. The van der Waals surface area contributed by atoms with Crippen LogP contribution in [-0.4, -0.2) is 29.6 Å². The van der Waals surface area contributed by atoms with Gasteiger partial charge in [-0.05, 0) is 43.0 Å². The number of β-amino-alcohol motifs (C(OH)–C–C–N with tert-alkyl or cyclic N) is 1. The van der Waals surface area contributed by atoms with Gasteiger partial charge in [0.1, 0.15) is 5.60 Å². The molecule has 0 aliphatic carbocycles. The summed E-state index contributed by atoms with van der Waals surface area (Å²) in [6.45, 7) is 11.7. The second-order valence-electron chi connectivity index (χ2n) is 7.02. The van der Waals surface area contributed by atoms with Gasteiger partial charge in [-0.2, -0.15) is 0 Å². The highest BCUT2D eigenvalue weighted by molar-refractivity contribution is 6.33. The first-order valence-electron chi connectivity index (χ1n) is 8.57. The number of Topliss-reactive ketones (excluding diaryl/α,β-unsaturated/α-hetero) is 1. The number of hydrogen-bond donors (Lipinski definition) is 1. The number of rotatable bonds is 5. The van der Waals surface area contributed by atoms with Gasteiger partial charge in [-0.1, -0.05) is 41.9 Å². The Bertz CT molecular complexity index is 899. The molecule has 1 aliphatic heterocycles. The predicted octanol–water partition coefficient (Wildman–Crippen LogP) is 4.12. The van der Waals surface area contributed by atoms with Gasteiger partial charge >= 0.3 is 0 Å². The first-order valence-corrected chi connectivity index (χ1v) is 8.94. The van der Waals surface area contributed by atoms with Crippen LogP contribution >= 0.6 is 11.6 Å². The third-order valence-corrected chi connectivity index (χ3v) is 5.26. The van der Waals surface area contributed by atoms with Gasteiger partial charge in [0, 0.05) is 23.7 Å². The van der Waals surface area contributed by atoms with Crippen LogP contribution in [0.4, 0.5) is 11.4 Å². The van der Waals surface area contributed by atoms with Gasteiger partial charge in [0.05, 0.1) is 13.1 Å². The fourth-order valence-corrected chi connectivity index (χ4v) is 3.67. The summed E-state index contributed by atoms with van der Waals surface area (Å²) in [5, 5.41) is 11.1.